The topological polar surface area (TPSA) is 29.5 Å². The number of hydrogen-bond acceptors (Lipinski definition) is 2. The molecule has 1 N–H and O–H groups in total. The lowest BCUT2D eigenvalue weighted by Crippen LogP contribution is -2.46. The van der Waals surface area contributed by atoms with Gasteiger partial charge < -0.3 is 9.53 Å². The highest BCUT2D eigenvalue weighted by Crippen LogP contribution is 2.40. The van der Waals surface area contributed by atoms with Crippen molar-refractivity contribution in [3.05, 3.63) is 35.9 Å². The minimum atomic E-state index is -1.68. The first-order chi connectivity index (χ1) is 11.1. The largest absolute Gasteiger partial charge is 0.414 e. The molecular formula is C20H34O2Si. The minimum absolute atomic E-state index is 0.330. The normalized spacial score (nSPS) is 19.5. The fourth-order valence-electron chi connectivity index (χ4n) is 4.06. The van der Waals surface area contributed by atoms with Crippen molar-refractivity contribution < 1.29 is 9.53 Å². The number of benzene rings is 1. The Bertz CT molecular complexity index is 444. The molecule has 3 heteroatoms. The molecule has 0 amide bonds. The third kappa shape index (κ3) is 4.26. The predicted molar refractivity (Wildman–Crippen MR) is 100 cm³/mol. The first kappa shape index (κ1) is 18.7. The van der Waals surface area contributed by atoms with Gasteiger partial charge >= 0.3 is 0 Å². The van der Waals surface area contributed by atoms with Crippen LogP contribution in [0.4, 0.5) is 0 Å². The molecule has 0 saturated heterocycles. The zero-order valence-corrected chi connectivity index (χ0v) is 16.2. The van der Waals surface area contributed by atoms with E-state index in [9.17, 15) is 5.11 Å². The molecule has 23 heavy (non-hydrogen) atoms. The summed E-state index contributed by atoms with van der Waals surface area (Å²) in [5, 5.41) is 11.7. The van der Waals surface area contributed by atoms with Gasteiger partial charge in [-0.25, -0.2) is 0 Å². The molecular weight excluding hydrogens is 300 g/mol. The zero-order chi connectivity index (χ0) is 16.8. The van der Waals surface area contributed by atoms with Crippen molar-refractivity contribution in [2.24, 2.45) is 5.92 Å². The molecule has 2 rings (SSSR count). The van der Waals surface area contributed by atoms with Gasteiger partial charge in [0.1, 0.15) is 5.60 Å². The monoisotopic (exact) mass is 334 g/mol. The van der Waals surface area contributed by atoms with Crippen molar-refractivity contribution in [2.45, 2.75) is 76.6 Å². The highest BCUT2D eigenvalue weighted by molar-refractivity contribution is 6.73. The van der Waals surface area contributed by atoms with Gasteiger partial charge in [0, 0.05) is 0 Å². The Labute approximate surface area is 143 Å². The summed E-state index contributed by atoms with van der Waals surface area (Å²) >= 11 is 0. The molecule has 1 fully saturated rings. The summed E-state index contributed by atoms with van der Waals surface area (Å²) < 4.78 is 6.54. The molecule has 0 aromatic heterocycles. The lowest BCUT2D eigenvalue weighted by molar-refractivity contribution is -0.0744. The van der Waals surface area contributed by atoms with Gasteiger partial charge in [0.2, 0.25) is 0 Å². The maximum Gasteiger partial charge on any atom is 0.192 e. The summed E-state index contributed by atoms with van der Waals surface area (Å²) in [6.45, 7) is 7.23. The Morgan fingerprint density at radius 1 is 1.00 bits per heavy atom. The molecule has 0 bridgehead atoms. The van der Waals surface area contributed by atoms with Crippen LogP contribution in [0.1, 0.15) is 58.4 Å². The fraction of sp³-hybridized carbons (Fsp3) is 0.700. The first-order valence-corrected chi connectivity index (χ1v) is 12.0. The third-order valence-corrected chi connectivity index (χ3v) is 10.7. The molecule has 0 spiro atoms. The summed E-state index contributed by atoms with van der Waals surface area (Å²) in [5.74, 6) is 0.330. The third-order valence-electron chi connectivity index (χ3n) is 6.09. The van der Waals surface area contributed by atoms with E-state index in [-0.39, 0.29) is 0 Å². The SMILES string of the molecule is CC[Si](CC)(CC)OC[C@](O)(c1ccccc1)C1CCCCC1. The smallest absolute Gasteiger partial charge is 0.192 e. The Balaban J connectivity index is 2.23. The van der Waals surface area contributed by atoms with Crippen molar-refractivity contribution in [2.75, 3.05) is 6.61 Å². The van der Waals surface area contributed by atoms with Crippen LogP contribution >= 0.6 is 0 Å². The number of aliphatic hydroxyl groups is 1. The van der Waals surface area contributed by atoms with Crippen LogP contribution in [-0.4, -0.2) is 20.0 Å². The summed E-state index contributed by atoms with van der Waals surface area (Å²) in [6.07, 6.45) is 6.01. The Hall–Kier alpha value is -0.643. The van der Waals surface area contributed by atoms with Crippen molar-refractivity contribution in [3.63, 3.8) is 0 Å². The summed E-state index contributed by atoms with van der Waals surface area (Å²) in [4.78, 5) is 0. The molecule has 0 unspecified atom stereocenters. The van der Waals surface area contributed by atoms with Gasteiger partial charge in [0.15, 0.2) is 8.32 Å². The minimum Gasteiger partial charge on any atom is -0.414 e. The van der Waals surface area contributed by atoms with E-state index in [4.69, 9.17) is 4.43 Å². The van der Waals surface area contributed by atoms with Gasteiger partial charge in [0.25, 0.3) is 0 Å². The molecule has 1 atom stereocenters. The van der Waals surface area contributed by atoms with E-state index in [2.05, 4.69) is 32.9 Å². The molecule has 0 heterocycles. The Morgan fingerprint density at radius 2 is 1.57 bits per heavy atom. The molecule has 130 valence electrons. The van der Waals surface area contributed by atoms with E-state index in [1.54, 1.807) is 0 Å². The standard InChI is InChI=1S/C20H34O2Si/c1-4-23(5-2,6-3)22-17-20(21,18-13-9-7-10-14-18)19-15-11-8-12-16-19/h7,9-10,13-14,19,21H,4-6,8,11-12,15-17H2,1-3H3/t20-/m0/s1. The molecule has 1 aromatic rings. The highest BCUT2D eigenvalue weighted by atomic mass is 28.4. The highest BCUT2D eigenvalue weighted by Gasteiger charge is 2.41. The van der Waals surface area contributed by atoms with Crippen LogP contribution in [0.3, 0.4) is 0 Å². The second-order valence-corrected chi connectivity index (χ2v) is 11.9. The second-order valence-electron chi connectivity index (χ2n) is 7.16. The van der Waals surface area contributed by atoms with Gasteiger partial charge in [0.05, 0.1) is 6.61 Å². The van der Waals surface area contributed by atoms with Crippen molar-refractivity contribution in [3.8, 4) is 0 Å². The van der Waals surface area contributed by atoms with E-state index in [0.717, 1.165) is 36.5 Å². The summed E-state index contributed by atoms with van der Waals surface area (Å²) in [6, 6.07) is 13.6. The van der Waals surface area contributed by atoms with Gasteiger partial charge in [-0.2, -0.15) is 0 Å². The molecule has 1 saturated carbocycles. The summed E-state index contributed by atoms with van der Waals surface area (Å²) in [5.41, 5.74) is 0.220. The molecule has 1 aliphatic carbocycles. The van der Waals surface area contributed by atoms with Crippen LogP contribution in [0.25, 0.3) is 0 Å². The van der Waals surface area contributed by atoms with Gasteiger partial charge in [-0.3, -0.25) is 0 Å². The van der Waals surface area contributed by atoms with Crippen LogP contribution in [-0.2, 0) is 10.0 Å². The van der Waals surface area contributed by atoms with E-state index in [1.165, 1.54) is 19.3 Å². The maximum atomic E-state index is 11.7. The Morgan fingerprint density at radius 3 is 2.09 bits per heavy atom. The molecule has 1 aliphatic rings. The number of hydrogen-bond donors (Lipinski definition) is 1. The Kier molecular flexibility index (Phi) is 6.87. The molecule has 2 nitrogen and oxygen atoms in total. The predicted octanol–water partition coefficient (Wildman–Crippen LogP) is 5.48. The van der Waals surface area contributed by atoms with Crippen LogP contribution in [0.15, 0.2) is 30.3 Å². The molecule has 0 radical (unpaired) electrons. The number of rotatable bonds is 8. The van der Waals surface area contributed by atoms with Crippen LogP contribution in [0, 0.1) is 5.92 Å². The van der Waals surface area contributed by atoms with E-state index in [1.807, 2.05) is 18.2 Å². The van der Waals surface area contributed by atoms with Crippen LogP contribution < -0.4 is 0 Å². The van der Waals surface area contributed by atoms with E-state index < -0.39 is 13.9 Å². The average molecular weight is 335 g/mol. The first-order valence-electron chi connectivity index (χ1n) is 9.52. The zero-order valence-electron chi connectivity index (χ0n) is 15.2. The van der Waals surface area contributed by atoms with Gasteiger partial charge in [-0.15, -0.1) is 0 Å². The lowest BCUT2D eigenvalue weighted by atomic mass is 9.74. The van der Waals surface area contributed by atoms with Gasteiger partial charge in [-0.05, 0) is 42.5 Å². The molecule has 1 aromatic carbocycles. The lowest BCUT2D eigenvalue weighted by Gasteiger charge is -2.41. The van der Waals surface area contributed by atoms with Crippen LogP contribution in [0.5, 0.6) is 0 Å². The average Bonchev–Trinajstić information content (AvgIpc) is 2.64. The quantitative estimate of drug-likeness (QED) is 0.638. The van der Waals surface area contributed by atoms with Gasteiger partial charge in [-0.1, -0.05) is 70.4 Å². The fourth-order valence-corrected chi connectivity index (χ4v) is 6.70. The van der Waals surface area contributed by atoms with Crippen molar-refractivity contribution in [1.29, 1.82) is 0 Å². The van der Waals surface area contributed by atoms with Crippen LogP contribution in [0.2, 0.25) is 18.1 Å². The van der Waals surface area contributed by atoms with E-state index >= 15 is 0 Å². The molecule has 0 aliphatic heterocycles. The van der Waals surface area contributed by atoms with E-state index in [0.29, 0.717) is 12.5 Å². The van der Waals surface area contributed by atoms with Crippen molar-refractivity contribution >= 4 is 8.32 Å². The summed E-state index contributed by atoms with van der Waals surface area (Å²) in [7, 11) is -1.68. The van der Waals surface area contributed by atoms with Crippen molar-refractivity contribution in [1.82, 2.24) is 0 Å². The second kappa shape index (κ2) is 8.45. The maximum absolute atomic E-state index is 11.7.